The maximum absolute atomic E-state index is 12.6. The first-order valence-corrected chi connectivity index (χ1v) is 7.27. The summed E-state index contributed by atoms with van der Waals surface area (Å²) in [7, 11) is 1.65. The number of nitrogens with zero attached hydrogens (tertiary/aromatic N) is 3. The van der Waals surface area contributed by atoms with E-state index in [4.69, 9.17) is 4.52 Å². The van der Waals surface area contributed by atoms with E-state index in [-0.39, 0.29) is 23.7 Å². The van der Waals surface area contributed by atoms with Gasteiger partial charge in [-0.3, -0.25) is 9.59 Å². The van der Waals surface area contributed by atoms with Crippen LogP contribution in [-0.4, -0.2) is 33.2 Å². The second-order valence-corrected chi connectivity index (χ2v) is 5.25. The molecule has 0 radical (unpaired) electrons. The van der Waals surface area contributed by atoms with Gasteiger partial charge in [0.2, 0.25) is 0 Å². The van der Waals surface area contributed by atoms with Crippen molar-refractivity contribution in [3.63, 3.8) is 0 Å². The smallest absolute Gasteiger partial charge is 0.275 e. The molecule has 1 N–H and O–H groups in total. The average Bonchev–Trinajstić information content (AvgIpc) is 3.02. The minimum atomic E-state index is -0.317. The number of amides is 1. The Labute approximate surface area is 131 Å². The van der Waals surface area contributed by atoms with E-state index in [1.807, 2.05) is 13.0 Å². The van der Waals surface area contributed by atoms with Gasteiger partial charge in [-0.25, -0.2) is 5.10 Å². The van der Waals surface area contributed by atoms with Crippen LogP contribution in [0.2, 0.25) is 0 Å². The first-order valence-electron chi connectivity index (χ1n) is 7.27. The standard InChI is InChI=1S/C16H16N4O3/c1-3-10-8-11(23-19-10)9-20(2)16(22)14-12-6-4-5-7-13(12)15(21)18-17-14/h4-8H,3,9H2,1-2H3,(H,18,21). The molecule has 2 aromatic heterocycles. The number of benzene rings is 1. The highest BCUT2D eigenvalue weighted by molar-refractivity contribution is 6.04. The summed E-state index contributed by atoms with van der Waals surface area (Å²) in [5, 5.41) is 11.2. The molecule has 0 saturated heterocycles. The Balaban J connectivity index is 1.90. The highest BCUT2D eigenvalue weighted by atomic mass is 16.5. The van der Waals surface area contributed by atoms with Crippen molar-refractivity contribution in [2.24, 2.45) is 0 Å². The van der Waals surface area contributed by atoms with Gasteiger partial charge in [-0.15, -0.1) is 0 Å². The summed E-state index contributed by atoms with van der Waals surface area (Å²) in [6.45, 7) is 2.26. The third kappa shape index (κ3) is 2.85. The molecule has 0 atom stereocenters. The molecule has 7 heteroatoms. The number of fused-ring (bicyclic) bond motifs is 1. The average molecular weight is 312 g/mol. The minimum absolute atomic E-state index is 0.206. The van der Waals surface area contributed by atoms with E-state index in [0.29, 0.717) is 16.5 Å². The molecule has 118 valence electrons. The van der Waals surface area contributed by atoms with Crippen LogP contribution in [0.25, 0.3) is 10.8 Å². The summed E-state index contributed by atoms with van der Waals surface area (Å²) in [6, 6.07) is 8.71. The van der Waals surface area contributed by atoms with Gasteiger partial charge in [0.1, 0.15) is 0 Å². The monoisotopic (exact) mass is 312 g/mol. The van der Waals surface area contributed by atoms with E-state index in [1.54, 1.807) is 31.3 Å². The van der Waals surface area contributed by atoms with Crippen LogP contribution in [0.15, 0.2) is 39.6 Å². The molecule has 23 heavy (non-hydrogen) atoms. The number of aromatic nitrogens is 3. The van der Waals surface area contributed by atoms with Crippen molar-refractivity contribution in [3.8, 4) is 0 Å². The number of carbonyl (C=O) groups excluding carboxylic acids is 1. The van der Waals surface area contributed by atoms with Gasteiger partial charge >= 0.3 is 0 Å². The van der Waals surface area contributed by atoms with E-state index >= 15 is 0 Å². The molecule has 3 aromatic rings. The maximum Gasteiger partial charge on any atom is 0.275 e. The van der Waals surface area contributed by atoms with Gasteiger partial charge in [-0.1, -0.05) is 30.3 Å². The highest BCUT2D eigenvalue weighted by Crippen LogP contribution is 2.15. The van der Waals surface area contributed by atoms with Crippen molar-refractivity contribution >= 4 is 16.7 Å². The molecule has 7 nitrogen and oxygen atoms in total. The molecule has 0 aliphatic carbocycles. The second-order valence-electron chi connectivity index (χ2n) is 5.25. The molecule has 1 amide bonds. The summed E-state index contributed by atoms with van der Waals surface area (Å²) >= 11 is 0. The van der Waals surface area contributed by atoms with Crippen molar-refractivity contribution < 1.29 is 9.32 Å². The number of H-pyrrole nitrogens is 1. The summed E-state index contributed by atoms with van der Waals surface area (Å²) < 4.78 is 5.20. The summed E-state index contributed by atoms with van der Waals surface area (Å²) in [6.07, 6.45) is 0.771. The molecule has 0 spiro atoms. The third-order valence-electron chi connectivity index (χ3n) is 3.61. The lowest BCUT2D eigenvalue weighted by atomic mass is 10.1. The van der Waals surface area contributed by atoms with Gasteiger partial charge in [0.25, 0.3) is 11.5 Å². The van der Waals surface area contributed by atoms with Gasteiger partial charge in [0.05, 0.1) is 17.6 Å². The summed E-state index contributed by atoms with van der Waals surface area (Å²) in [4.78, 5) is 25.9. The lowest BCUT2D eigenvalue weighted by molar-refractivity contribution is 0.0767. The maximum atomic E-state index is 12.6. The highest BCUT2D eigenvalue weighted by Gasteiger charge is 2.19. The van der Waals surface area contributed by atoms with Gasteiger partial charge in [0, 0.05) is 18.5 Å². The first-order chi connectivity index (χ1) is 11.1. The number of rotatable bonds is 4. The number of carbonyl (C=O) groups is 1. The fourth-order valence-electron chi connectivity index (χ4n) is 2.36. The van der Waals surface area contributed by atoms with Crippen LogP contribution in [0.3, 0.4) is 0 Å². The molecule has 0 aliphatic rings. The minimum Gasteiger partial charge on any atom is -0.359 e. The molecule has 0 saturated carbocycles. The van der Waals surface area contributed by atoms with Gasteiger partial charge in [-0.2, -0.15) is 5.10 Å². The molecule has 0 aliphatic heterocycles. The van der Waals surface area contributed by atoms with E-state index in [2.05, 4.69) is 15.4 Å². The molecule has 1 aromatic carbocycles. The van der Waals surface area contributed by atoms with Crippen LogP contribution in [-0.2, 0) is 13.0 Å². The van der Waals surface area contributed by atoms with Crippen molar-refractivity contribution in [1.82, 2.24) is 20.3 Å². The molecular weight excluding hydrogens is 296 g/mol. The Morgan fingerprint density at radius 1 is 1.30 bits per heavy atom. The molecule has 0 fully saturated rings. The predicted molar refractivity (Wildman–Crippen MR) is 84.0 cm³/mol. The number of nitrogens with one attached hydrogen (secondary N) is 1. The summed E-state index contributed by atoms with van der Waals surface area (Å²) in [5.41, 5.74) is 0.731. The van der Waals surface area contributed by atoms with Crippen LogP contribution in [0, 0.1) is 0 Å². The molecule has 3 rings (SSSR count). The molecule has 2 heterocycles. The number of hydrogen-bond donors (Lipinski definition) is 1. The fraction of sp³-hybridized carbons (Fsp3) is 0.250. The van der Waals surface area contributed by atoms with Crippen LogP contribution in [0.1, 0.15) is 28.9 Å². The number of aromatic amines is 1. The van der Waals surface area contributed by atoms with Crippen molar-refractivity contribution in [2.45, 2.75) is 19.9 Å². The van der Waals surface area contributed by atoms with Crippen LogP contribution < -0.4 is 5.56 Å². The molecular formula is C16H16N4O3. The zero-order chi connectivity index (χ0) is 16.4. The van der Waals surface area contributed by atoms with Crippen molar-refractivity contribution in [1.29, 1.82) is 0 Å². The number of hydrogen-bond acceptors (Lipinski definition) is 5. The third-order valence-corrected chi connectivity index (χ3v) is 3.61. The van der Waals surface area contributed by atoms with E-state index in [0.717, 1.165) is 12.1 Å². The Kier molecular flexibility index (Phi) is 3.92. The largest absolute Gasteiger partial charge is 0.359 e. The Morgan fingerprint density at radius 2 is 2.04 bits per heavy atom. The predicted octanol–water partition coefficient (Wildman–Crippen LogP) is 1.75. The summed E-state index contributed by atoms with van der Waals surface area (Å²) in [5.74, 6) is 0.304. The first kappa shape index (κ1) is 15.0. The van der Waals surface area contributed by atoms with E-state index < -0.39 is 0 Å². The van der Waals surface area contributed by atoms with Crippen LogP contribution >= 0.6 is 0 Å². The second kappa shape index (κ2) is 6.04. The van der Waals surface area contributed by atoms with Gasteiger partial charge < -0.3 is 9.42 Å². The van der Waals surface area contributed by atoms with Crippen LogP contribution in [0.5, 0.6) is 0 Å². The quantitative estimate of drug-likeness (QED) is 0.792. The van der Waals surface area contributed by atoms with Crippen molar-refractivity contribution in [3.05, 3.63) is 57.8 Å². The van der Waals surface area contributed by atoms with Gasteiger partial charge in [-0.05, 0) is 12.5 Å². The SMILES string of the molecule is CCc1cc(CN(C)C(=O)c2n[nH]c(=O)c3ccccc23)on1. The normalized spacial score (nSPS) is 10.9. The Bertz CT molecular complexity index is 913. The Hall–Kier alpha value is -2.96. The zero-order valence-corrected chi connectivity index (χ0v) is 12.9. The van der Waals surface area contributed by atoms with E-state index in [1.165, 1.54) is 4.90 Å². The zero-order valence-electron chi connectivity index (χ0n) is 12.9. The lowest BCUT2D eigenvalue weighted by Crippen LogP contribution is -2.28. The van der Waals surface area contributed by atoms with E-state index in [9.17, 15) is 9.59 Å². The lowest BCUT2D eigenvalue weighted by Gasteiger charge is -2.15. The number of aryl methyl sites for hydroxylation is 1. The molecule has 0 bridgehead atoms. The Morgan fingerprint density at radius 3 is 2.74 bits per heavy atom. The van der Waals surface area contributed by atoms with Crippen LogP contribution in [0.4, 0.5) is 0 Å². The topological polar surface area (TPSA) is 92.1 Å². The van der Waals surface area contributed by atoms with Crippen molar-refractivity contribution in [2.75, 3.05) is 7.05 Å². The fourth-order valence-corrected chi connectivity index (χ4v) is 2.36. The van der Waals surface area contributed by atoms with Gasteiger partial charge in [0.15, 0.2) is 11.5 Å². The molecule has 0 unspecified atom stereocenters.